The summed E-state index contributed by atoms with van der Waals surface area (Å²) in [5.74, 6) is 0.115. The zero-order valence-corrected chi connectivity index (χ0v) is 15.8. The number of aliphatic hydroxyl groups excluding tert-OH is 3. The minimum Gasteiger partial charge on any atom is -0.443 e. The van der Waals surface area contributed by atoms with E-state index in [9.17, 15) is 19.7 Å². The van der Waals surface area contributed by atoms with Crippen molar-refractivity contribution in [3.63, 3.8) is 0 Å². The molecule has 4 N–H and O–H groups in total. The first-order valence-corrected chi connectivity index (χ1v) is 8.98. The maximum Gasteiger partial charge on any atom is 0.238 e. The predicted octanol–water partition coefficient (Wildman–Crippen LogP) is 1.77. The van der Waals surface area contributed by atoms with Crippen LogP contribution in [0.3, 0.4) is 0 Å². The van der Waals surface area contributed by atoms with E-state index in [1.807, 2.05) is 0 Å². The molecule has 5 atom stereocenters. The van der Waals surface area contributed by atoms with Gasteiger partial charge in [0.05, 0.1) is 6.61 Å². The SMILES string of the molecule is Cc1[nH]nc(OC2OC(CO)C(F)C(O)C2O)c1Cc1ccc(Cl)cc1Cl. The van der Waals surface area contributed by atoms with Crippen LogP contribution < -0.4 is 4.74 Å². The van der Waals surface area contributed by atoms with Crippen molar-refractivity contribution in [3.8, 4) is 5.88 Å². The highest BCUT2D eigenvalue weighted by molar-refractivity contribution is 6.35. The molecule has 0 amide bonds. The Labute approximate surface area is 164 Å². The Morgan fingerprint density at radius 2 is 2.04 bits per heavy atom. The second-order valence-electron chi connectivity index (χ2n) is 6.31. The van der Waals surface area contributed by atoms with Crippen molar-refractivity contribution < 1.29 is 29.2 Å². The summed E-state index contributed by atoms with van der Waals surface area (Å²) < 4.78 is 24.7. The molecule has 1 fully saturated rings. The Kier molecular flexibility index (Phi) is 6.25. The van der Waals surface area contributed by atoms with E-state index < -0.39 is 37.4 Å². The van der Waals surface area contributed by atoms with E-state index in [0.29, 0.717) is 27.7 Å². The van der Waals surface area contributed by atoms with E-state index in [-0.39, 0.29) is 5.88 Å². The van der Waals surface area contributed by atoms with Gasteiger partial charge in [-0.1, -0.05) is 29.3 Å². The van der Waals surface area contributed by atoms with Gasteiger partial charge in [0.15, 0.2) is 6.17 Å². The lowest BCUT2D eigenvalue weighted by atomic mass is 10.0. The quantitative estimate of drug-likeness (QED) is 0.586. The second-order valence-corrected chi connectivity index (χ2v) is 7.16. The smallest absolute Gasteiger partial charge is 0.238 e. The monoisotopic (exact) mass is 420 g/mol. The summed E-state index contributed by atoms with van der Waals surface area (Å²) in [5.41, 5.74) is 2.12. The van der Waals surface area contributed by atoms with E-state index in [1.54, 1.807) is 25.1 Å². The minimum absolute atomic E-state index is 0.115. The molecule has 2 heterocycles. The second kappa shape index (κ2) is 8.30. The van der Waals surface area contributed by atoms with E-state index in [2.05, 4.69) is 10.2 Å². The van der Waals surface area contributed by atoms with Gasteiger partial charge in [0, 0.05) is 27.7 Å². The van der Waals surface area contributed by atoms with Gasteiger partial charge in [0.25, 0.3) is 0 Å². The maximum atomic E-state index is 13.9. The summed E-state index contributed by atoms with van der Waals surface area (Å²) >= 11 is 12.1. The molecular formula is C17H19Cl2FN2O5. The lowest BCUT2D eigenvalue weighted by Gasteiger charge is -2.38. The number of halogens is 3. The van der Waals surface area contributed by atoms with Crippen LogP contribution in [0.25, 0.3) is 0 Å². The first kappa shape index (κ1) is 20.3. The van der Waals surface area contributed by atoms with Crippen molar-refractivity contribution in [1.82, 2.24) is 10.2 Å². The van der Waals surface area contributed by atoms with E-state index in [0.717, 1.165) is 5.56 Å². The third kappa shape index (κ3) is 4.21. The number of benzene rings is 1. The molecule has 0 saturated carbocycles. The van der Waals surface area contributed by atoms with E-state index in [4.69, 9.17) is 32.7 Å². The number of aryl methyl sites for hydroxylation is 1. The van der Waals surface area contributed by atoms with Crippen molar-refractivity contribution in [2.24, 2.45) is 0 Å². The van der Waals surface area contributed by atoms with Gasteiger partial charge < -0.3 is 24.8 Å². The first-order valence-electron chi connectivity index (χ1n) is 8.22. The molecule has 1 saturated heterocycles. The number of rotatable bonds is 5. The van der Waals surface area contributed by atoms with Crippen LogP contribution in [0.4, 0.5) is 4.39 Å². The zero-order valence-electron chi connectivity index (χ0n) is 14.3. The Morgan fingerprint density at radius 1 is 1.30 bits per heavy atom. The van der Waals surface area contributed by atoms with Crippen LogP contribution in [0.2, 0.25) is 10.0 Å². The molecule has 5 unspecified atom stereocenters. The molecule has 7 nitrogen and oxygen atoms in total. The van der Waals surface area contributed by atoms with Gasteiger partial charge >= 0.3 is 0 Å². The minimum atomic E-state index is -1.93. The molecule has 10 heteroatoms. The molecule has 27 heavy (non-hydrogen) atoms. The highest BCUT2D eigenvalue weighted by atomic mass is 35.5. The van der Waals surface area contributed by atoms with Gasteiger partial charge in [-0.05, 0) is 24.6 Å². The highest BCUT2D eigenvalue weighted by Crippen LogP contribution is 2.31. The van der Waals surface area contributed by atoms with Gasteiger partial charge in [-0.15, -0.1) is 5.10 Å². The summed E-state index contributed by atoms with van der Waals surface area (Å²) in [7, 11) is 0. The van der Waals surface area contributed by atoms with Gasteiger partial charge in [0.2, 0.25) is 12.2 Å². The van der Waals surface area contributed by atoms with Gasteiger partial charge in [0.1, 0.15) is 18.3 Å². The van der Waals surface area contributed by atoms with E-state index >= 15 is 0 Å². The van der Waals surface area contributed by atoms with Crippen molar-refractivity contribution in [2.45, 2.75) is 44.1 Å². The molecule has 0 aliphatic carbocycles. The van der Waals surface area contributed by atoms with Crippen molar-refractivity contribution in [1.29, 1.82) is 0 Å². The number of ether oxygens (including phenoxy) is 2. The van der Waals surface area contributed by atoms with Crippen LogP contribution in [0, 0.1) is 6.92 Å². The summed E-state index contributed by atoms with van der Waals surface area (Å²) in [6.45, 7) is 1.11. The Morgan fingerprint density at radius 3 is 2.70 bits per heavy atom. The number of hydrogen-bond acceptors (Lipinski definition) is 6. The van der Waals surface area contributed by atoms with Crippen molar-refractivity contribution in [3.05, 3.63) is 45.1 Å². The molecule has 0 radical (unpaired) electrons. The average molecular weight is 421 g/mol. The number of hydrogen-bond donors (Lipinski definition) is 4. The Balaban J connectivity index is 1.82. The molecule has 1 aliphatic rings. The molecule has 148 valence electrons. The summed E-state index contributed by atoms with van der Waals surface area (Å²) in [6.07, 6.45) is -7.69. The fourth-order valence-electron chi connectivity index (χ4n) is 2.84. The normalized spacial score (nSPS) is 28.3. The van der Waals surface area contributed by atoms with Gasteiger partial charge in [-0.2, -0.15) is 0 Å². The zero-order chi connectivity index (χ0) is 19.7. The lowest BCUT2D eigenvalue weighted by Crippen LogP contribution is -2.58. The molecular weight excluding hydrogens is 402 g/mol. The first-order chi connectivity index (χ1) is 12.8. The van der Waals surface area contributed by atoms with Gasteiger partial charge in [-0.3, -0.25) is 5.10 Å². The lowest BCUT2D eigenvalue weighted by molar-refractivity contribution is -0.265. The maximum absolute atomic E-state index is 13.9. The average Bonchev–Trinajstić information content (AvgIpc) is 2.97. The van der Waals surface area contributed by atoms with Crippen LogP contribution in [0.1, 0.15) is 16.8 Å². The van der Waals surface area contributed by atoms with Crippen molar-refractivity contribution >= 4 is 23.2 Å². The third-order valence-electron chi connectivity index (χ3n) is 4.45. The third-order valence-corrected chi connectivity index (χ3v) is 5.03. The Hall–Kier alpha value is -1.42. The fourth-order valence-corrected chi connectivity index (χ4v) is 3.31. The largest absolute Gasteiger partial charge is 0.443 e. The van der Waals surface area contributed by atoms with Crippen LogP contribution in [0.5, 0.6) is 5.88 Å². The molecule has 1 aromatic heterocycles. The number of H-pyrrole nitrogens is 1. The molecule has 0 spiro atoms. The summed E-state index contributed by atoms with van der Waals surface area (Å²) in [6, 6.07) is 5.09. The van der Waals surface area contributed by atoms with Crippen LogP contribution in [-0.4, -0.2) is 62.9 Å². The predicted molar refractivity (Wildman–Crippen MR) is 95.9 cm³/mol. The number of aromatic nitrogens is 2. The number of alkyl halides is 1. The van der Waals surface area contributed by atoms with Crippen molar-refractivity contribution in [2.75, 3.05) is 6.61 Å². The highest BCUT2D eigenvalue weighted by Gasteiger charge is 2.46. The standard InChI is InChI=1S/C17H19Cl2FN2O5/c1-7-10(4-8-2-3-9(18)5-11(8)19)16(22-21-7)27-17-15(25)14(24)13(20)12(6-23)26-17/h2-3,5,12-15,17,23-25H,4,6H2,1H3,(H,21,22). The Bertz CT molecular complexity index is 804. The fraction of sp³-hybridized carbons (Fsp3) is 0.471. The molecule has 0 bridgehead atoms. The summed E-state index contributed by atoms with van der Waals surface area (Å²) in [4.78, 5) is 0. The van der Waals surface area contributed by atoms with Gasteiger partial charge in [-0.25, -0.2) is 4.39 Å². The van der Waals surface area contributed by atoms with Crippen LogP contribution >= 0.6 is 23.2 Å². The van der Waals surface area contributed by atoms with Crippen LogP contribution in [-0.2, 0) is 11.2 Å². The number of nitrogens with one attached hydrogen (secondary N) is 1. The number of aromatic amines is 1. The number of nitrogens with zero attached hydrogens (tertiary/aromatic N) is 1. The topological polar surface area (TPSA) is 108 Å². The molecule has 1 aliphatic heterocycles. The molecule has 2 aromatic rings. The summed E-state index contributed by atoms with van der Waals surface area (Å²) in [5, 5.41) is 36.8. The molecule has 3 rings (SSSR count). The molecule has 1 aromatic carbocycles. The number of aliphatic hydroxyl groups is 3. The van der Waals surface area contributed by atoms with E-state index in [1.165, 1.54) is 0 Å². The van der Waals surface area contributed by atoms with Crippen LogP contribution in [0.15, 0.2) is 18.2 Å².